The molecule has 1 fully saturated rings. The van der Waals surface area contributed by atoms with Crippen molar-refractivity contribution in [2.45, 2.75) is 12.8 Å². The lowest BCUT2D eigenvalue weighted by molar-refractivity contribution is -0.116. The lowest BCUT2D eigenvalue weighted by atomic mass is 10.1. The second kappa shape index (κ2) is 10.9. The zero-order valence-corrected chi connectivity index (χ0v) is 16.0. The number of nitrogens with zero attached hydrogens (tertiary/aromatic N) is 2. The Kier molecular flexibility index (Phi) is 9.19. The second-order valence-corrected chi connectivity index (χ2v) is 5.75. The largest absolute Gasteiger partial charge is 0.399 e. The van der Waals surface area contributed by atoms with Crippen LogP contribution in [0.2, 0.25) is 0 Å². The van der Waals surface area contributed by atoms with Crippen molar-refractivity contribution in [3.63, 3.8) is 0 Å². The van der Waals surface area contributed by atoms with Gasteiger partial charge in [0.2, 0.25) is 5.91 Å². The van der Waals surface area contributed by atoms with E-state index in [2.05, 4.69) is 15.2 Å². The number of benzene rings is 1. The van der Waals surface area contributed by atoms with Crippen molar-refractivity contribution in [1.82, 2.24) is 4.98 Å². The molecule has 1 saturated heterocycles. The fraction of sp³-hybridized carbons (Fsp3) is 0.333. The number of hydrogen-bond donors (Lipinski definition) is 2. The minimum atomic E-state index is -0.0649. The van der Waals surface area contributed by atoms with E-state index in [4.69, 9.17) is 10.5 Å². The van der Waals surface area contributed by atoms with Gasteiger partial charge in [0.15, 0.2) is 0 Å². The SMILES string of the molecule is Cl.Cl.Nc1ccccc1CCC(=O)Nc1ccc(N2CCOCC2)cn1. The highest BCUT2D eigenvalue weighted by atomic mass is 35.5. The normalized spacial score (nSPS) is 13.3. The van der Waals surface area contributed by atoms with Crippen LogP contribution in [0.1, 0.15) is 12.0 Å². The molecule has 1 aliphatic rings. The van der Waals surface area contributed by atoms with Crippen LogP contribution < -0.4 is 16.0 Å². The molecule has 142 valence electrons. The molecular formula is C18H24Cl2N4O2. The lowest BCUT2D eigenvalue weighted by Crippen LogP contribution is -2.36. The molecule has 3 N–H and O–H groups in total. The molecule has 2 heterocycles. The Bertz CT molecular complexity index is 692. The number of amides is 1. The number of hydrogen-bond acceptors (Lipinski definition) is 5. The first-order chi connectivity index (χ1) is 11.7. The van der Waals surface area contributed by atoms with E-state index in [1.165, 1.54) is 0 Å². The number of aromatic nitrogens is 1. The van der Waals surface area contributed by atoms with E-state index in [1.54, 1.807) is 6.20 Å². The van der Waals surface area contributed by atoms with E-state index in [0.717, 1.165) is 43.2 Å². The maximum atomic E-state index is 12.1. The van der Waals surface area contributed by atoms with Gasteiger partial charge in [-0.15, -0.1) is 24.8 Å². The van der Waals surface area contributed by atoms with Gasteiger partial charge in [-0.1, -0.05) is 18.2 Å². The first kappa shape index (κ1) is 22.0. The first-order valence-electron chi connectivity index (χ1n) is 8.14. The Hall–Kier alpha value is -2.02. The molecule has 0 atom stereocenters. The van der Waals surface area contributed by atoms with Crippen molar-refractivity contribution in [2.24, 2.45) is 0 Å². The zero-order valence-electron chi connectivity index (χ0n) is 14.4. The molecule has 0 saturated carbocycles. The number of carbonyl (C=O) groups excluding carboxylic acids is 1. The fourth-order valence-electron chi connectivity index (χ4n) is 2.68. The second-order valence-electron chi connectivity index (χ2n) is 5.75. The molecule has 0 unspecified atom stereocenters. The van der Waals surface area contributed by atoms with Crippen molar-refractivity contribution in [1.29, 1.82) is 0 Å². The van der Waals surface area contributed by atoms with Crippen molar-refractivity contribution < 1.29 is 9.53 Å². The predicted octanol–water partition coefficient (Wildman–Crippen LogP) is 2.92. The quantitative estimate of drug-likeness (QED) is 0.756. The highest BCUT2D eigenvalue weighted by Gasteiger charge is 2.12. The fourth-order valence-corrected chi connectivity index (χ4v) is 2.68. The summed E-state index contributed by atoms with van der Waals surface area (Å²) in [5, 5.41) is 2.83. The van der Waals surface area contributed by atoms with E-state index in [0.29, 0.717) is 18.7 Å². The van der Waals surface area contributed by atoms with E-state index in [9.17, 15) is 4.79 Å². The van der Waals surface area contributed by atoms with E-state index >= 15 is 0 Å². The third-order valence-corrected chi connectivity index (χ3v) is 4.07. The van der Waals surface area contributed by atoms with Gasteiger partial charge in [0.1, 0.15) is 5.82 Å². The minimum absolute atomic E-state index is 0. The van der Waals surface area contributed by atoms with Gasteiger partial charge in [-0.3, -0.25) is 4.79 Å². The molecule has 0 radical (unpaired) electrons. The molecule has 26 heavy (non-hydrogen) atoms. The van der Waals surface area contributed by atoms with Gasteiger partial charge in [0.25, 0.3) is 0 Å². The molecule has 2 aromatic rings. The number of halogens is 2. The number of rotatable bonds is 5. The molecule has 0 spiro atoms. The number of morpholine rings is 1. The van der Waals surface area contributed by atoms with Gasteiger partial charge >= 0.3 is 0 Å². The number of aryl methyl sites for hydroxylation is 1. The number of nitrogen functional groups attached to an aromatic ring is 1. The Balaban J connectivity index is 0.00000169. The van der Waals surface area contributed by atoms with Crippen LogP contribution in [0.3, 0.4) is 0 Å². The molecule has 1 amide bonds. The minimum Gasteiger partial charge on any atom is -0.399 e. The smallest absolute Gasteiger partial charge is 0.225 e. The van der Waals surface area contributed by atoms with Crippen molar-refractivity contribution in [2.75, 3.05) is 42.3 Å². The third-order valence-electron chi connectivity index (χ3n) is 4.07. The number of ether oxygens (including phenoxy) is 1. The maximum absolute atomic E-state index is 12.1. The Labute approximate surface area is 165 Å². The summed E-state index contributed by atoms with van der Waals surface area (Å²) < 4.78 is 5.34. The van der Waals surface area contributed by atoms with Crippen LogP contribution in [0.15, 0.2) is 42.6 Å². The highest BCUT2D eigenvalue weighted by molar-refractivity contribution is 5.90. The summed E-state index contributed by atoms with van der Waals surface area (Å²) in [7, 11) is 0. The summed E-state index contributed by atoms with van der Waals surface area (Å²) in [4.78, 5) is 18.6. The summed E-state index contributed by atoms with van der Waals surface area (Å²) in [5.74, 6) is 0.503. The van der Waals surface area contributed by atoms with Crippen molar-refractivity contribution >= 4 is 47.9 Å². The monoisotopic (exact) mass is 398 g/mol. The number of para-hydroxylation sites is 1. The summed E-state index contributed by atoms with van der Waals surface area (Å²) in [6.45, 7) is 3.21. The predicted molar refractivity (Wildman–Crippen MR) is 110 cm³/mol. The Morgan fingerprint density at radius 2 is 1.88 bits per heavy atom. The molecule has 8 heteroatoms. The van der Waals surface area contributed by atoms with Crippen LogP contribution >= 0.6 is 24.8 Å². The summed E-state index contributed by atoms with van der Waals surface area (Å²) in [5.41, 5.74) is 8.65. The van der Waals surface area contributed by atoms with Crippen LogP contribution in [-0.4, -0.2) is 37.2 Å². The van der Waals surface area contributed by atoms with Gasteiger partial charge in [0, 0.05) is 25.2 Å². The number of carbonyl (C=O) groups is 1. The summed E-state index contributed by atoms with van der Waals surface area (Å²) in [6.07, 6.45) is 2.78. The lowest BCUT2D eigenvalue weighted by Gasteiger charge is -2.28. The first-order valence-corrected chi connectivity index (χ1v) is 8.14. The average Bonchev–Trinajstić information content (AvgIpc) is 2.62. The molecule has 1 aliphatic heterocycles. The number of nitrogens with one attached hydrogen (secondary N) is 1. The Morgan fingerprint density at radius 3 is 2.54 bits per heavy atom. The number of anilines is 3. The standard InChI is InChI=1S/C18H22N4O2.2ClH/c19-16-4-2-1-3-14(16)5-8-18(23)21-17-7-6-15(13-20-17)22-9-11-24-12-10-22;;/h1-4,6-7,13H,5,8-12,19H2,(H,20,21,23);2*1H. The Morgan fingerprint density at radius 1 is 1.15 bits per heavy atom. The molecular weight excluding hydrogens is 375 g/mol. The van der Waals surface area contributed by atoms with Crippen LogP contribution in [0.5, 0.6) is 0 Å². The van der Waals surface area contributed by atoms with Gasteiger partial charge < -0.3 is 20.7 Å². The summed E-state index contributed by atoms with van der Waals surface area (Å²) >= 11 is 0. The molecule has 0 aliphatic carbocycles. The van der Waals surface area contributed by atoms with E-state index in [-0.39, 0.29) is 30.7 Å². The molecule has 0 bridgehead atoms. The van der Waals surface area contributed by atoms with Crippen LogP contribution in [-0.2, 0) is 16.0 Å². The zero-order chi connectivity index (χ0) is 16.8. The van der Waals surface area contributed by atoms with Crippen LogP contribution in [0.25, 0.3) is 0 Å². The average molecular weight is 399 g/mol. The van der Waals surface area contributed by atoms with Gasteiger partial charge in [-0.05, 0) is 30.2 Å². The molecule has 6 nitrogen and oxygen atoms in total. The van der Waals surface area contributed by atoms with Crippen LogP contribution in [0.4, 0.5) is 17.2 Å². The molecule has 1 aromatic heterocycles. The van der Waals surface area contributed by atoms with Gasteiger partial charge in [-0.25, -0.2) is 4.98 Å². The molecule has 1 aromatic carbocycles. The van der Waals surface area contributed by atoms with Gasteiger partial charge in [0.05, 0.1) is 25.1 Å². The number of nitrogens with two attached hydrogens (primary N) is 1. The number of pyridine rings is 1. The topological polar surface area (TPSA) is 80.5 Å². The summed E-state index contributed by atoms with van der Waals surface area (Å²) in [6, 6.07) is 11.4. The molecule has 3 rings (SSSR count). The maximum Gasteiger partial charge on any atom is 0.225 e. The third kappa shape index (κ3) is 6.05. The van der Waals surface area contributed by atoms with Crippen molar-refractivity contribution in [3.8, 4) is 0 Å². The van der Waals surface area contributed by atoms with E-state index in [1.807, 2.05) is 36.4 Å². The van der Waals surface area contributed by atoms with Crippen LogP contribution in [0, 0.1) is 0 Å². The van der Waals surface area contributed by atoms with Crippen molar-refractivity contribution in [3.05, 3.63) is 48.2 Å². The highest BCUT2D eigenvalue weighted by Crippen LogP contribution is 2.17. The van der Waals surface area contributed by atoms with E-state index < -0.39 is 0 Å². The van der Waals surface area contributed by atoms with Gasteiger partial charge in [-0.2, -0.15) is 0 Å².